The van der Waals surface area contributed by atoms with Crippen LogP contribution in [0.5, 0.6) is 0 Å². The van der Waals surface area contributed by atoms with Crippen molar-refractivity contribution in [2.75, 3.05) is 0 Å². The van der Waals surface area contributed by atoms with Crippen molar-refractivity contribution in [2.45, 2.75) is 65.5 Å². The monoisotopic (exact) mass is 250 g/mol. The summed E-state index contributed by atoms with van der Waals surface area (Å²) in [4.78, 5) is 12.5. The lowest BCUT2D eigenvalue weighted by Crippen LogP contribution is -2.39. The smallest absolute Gasteiger partial charge is 0.255 e. The second kappa shape index (κ2) is 5.70. The molecular formula is C15H26N2O. The van der Waals surface area contributed by atoms with E-state index in [0.29, 0.717) is 11.5 Å². The van der Waals surface area contributed by atoms with Crippen LogP contribution in [0.1, 0.15) is 64.6 Å². The van der Waals surface area contributed by atoms with E-state index in [1.165, 1.54) is 0 Å². The van der Waals surface area contributed by atoms with Gasteiger partial charge < -0.3 is 10.3 Å². The molecular weight excluding hydrogens is 224 g/mol. The van der Waals surface area contributed by atoms with Crippen LogP contribution < -0.4 is 11.3 Å². The summed E-state index contributed by atoms with van der Waals surface area (Å²) in [6.07, 6.45) is 2.11. The van der Waals surface area contributed by atoms with Gasteiger partial charge in [0.15, 0.2) is 0 Å². The number of nitrogens with two attached hydrogens (primary N) is 1. The van der Waals surface area contributed by atoms with Crippen molar-refractivity contribution in [3.8, 4) is 0 Å². The van der Waals surface area contributed by atoms with E-state index in [2.05, 4.69) is 20.8 Å². The Bertz CT molecular complexity index is 453. The third-order valence-corrected chi connectivity index (χ3v) is 3.23. The topological polar surface area (TPSA) is 48.0 Å². The Labute approximate surface area is 110 Å². The molecule has 1 aromatic rings. The van der Waals surface area contributed by atoms with Gasteiger partial charge in [0.25, 0.3) is 5.56 Å². The summed E-state index contributed by atoms with van der Waals surface area (Å²) in [7, 11) is 0. The molecule has 0 spiro atoms. The first-order valence-corrected chi connectivity index (χ1v) is 6.82. The number of hydrogen-bond acceptors (Lipinski definition) is 2. The van der Waals surface area contributed by atoms with E-state index in [1.807, 2.05) is 30.5 Å². The fourth-order valence-electron chi connectivity index (χ4n) is 2.13. The molecule has 18 heavy (non-hydrogen) atoms. The van der Waals surface area contributed by atoms with Gasteiger partial charge in [-0.15, -0.1) is 0 Å². The Morgan fingerprint density at radius 3 is 2.39 bits per heavy atom. The average Bonchev–Trinajstić information content (AvgIpc) is 2.25. The molecule has 0 aromatic carbocycles. The number of rotatable bonds is 5. The van der Waals surface area contributed by atoms with Crippen molar-refractivity contribution in [3.63, 3.8) is 0 Å². The molecule has 1 rings (SSSR count). The minimum Gasteiger partial charge on any atom is -0.322 e. The first-order chi connectivity index (χ1) is 8.29. The number of pyridine rings is 1. The molecule has 0 bridgehead atoms. The fraction of sp³-hybridized carbons (Fsp3) is 0.667. The normalized spacial score (nSPS) is 12.2. The van der Waals surface area contributed by atoms with Crippen LogP contribution in [0.3, 0.4) is 0 Å². The molecule has 0 amide bonds. The largest absolute Gasteiger partial charge is 0.322 e. The van der Waals surface area contributed by atoms with Gasteiger partial charge >= 0.3 is 0 Å². The highest BCUT2D eigenvalue weighted by Crippen LogP contribution is 2.18. The predicted octanol–water partition coefficient (Wildman–Crippen LogP) is 2.97. The summed E-state index contributed by atoms with van der Waals surface area (Å²) in [5.74, 6) is 0.351. The maximum atomic E-state index is 12.5. The zero-order chi connectivity index (χ0) is 13.9. The Balaban J connectivity index is 3.36. The van der Waals surface area contributed by atoms with Crippen LogP contribution in [0.15, 0.2) is 16.9 Å². The van der Waals surface area contributed by atoms with E-state index < -0.39 is 5.54 Å². The van der Waals surface area contributed by atoms with Crippen LogP contribution in [0, 0.1) is 0 Å². The molecule has 3 heteroatoms. The lowest BCUT2D eigenvalue weighted by molar-refractivity contribution is 0.513. The number of unbranched alkanes of at least 4 members (excludes halogenated alkanes) is 1. The second-order valence-corrected chi connectivity index (χ2v) is 5.86. The number of aromatic nitrogens is 1. The van der Waals surface area contributed by atoms with E-state index in [9.17, 15) is 4.79 Å². The fourth-order valence-corrected chi connectivity index (χ4v) is 2.13. The summed E-state index contributed by atoms with van der Waals surface area (Å²) in [6.45, 7) is 10.9. The van der Waals surface area contributed by atoms with Crippen LogP contribution >= 0.6 is 0 Å². The van der Waals surface area contributed by atoms with Gasteiger partial charge in [0, 0.05) is 23.3 Å². The minimum atomic E-state index is -0.583. The summed E-state index contributed by atoms with van der Waals surface area (Å²) < 4.78 is 1.90. The van der Waals surface area contributed by atoms with Gasteiger partial charge in [0.1, 0.15) is 0 Å². The quantitative estimate of drug-likeness (QED) is 0.873. The molecule has 0 aliphatic carbocycles. The number of hydrogen-bond donors (Lipinski definition) is 1. The van der Waals surface area contributed by atoms with E-state index >= 15 is 0 Å². The van der Waals surface area contributed by atoms with Gasteiger partial charge in [-0.1, -0.05) is 27.2 Å². The highest BCUT2D eigenvalue weighted by molar-refractivity contribution is 5.23. The number of nitrogens with zero attached hydrogens (tertiary/aromatic N) is 1. The summed E-state index contributed by atoms with van der Waals surface area (Å²) >= 11 is 0. The molecule has 0 aliphatic rings. The lowest BCUT2D eigenvalue weighted by Gasteiger charge is -2.23. The van der Waals surface area contributed by atoms with E-state index in [4.69, 9.17) is 5.73 Å². The van der Waals surface area contributed by atoms with Gasteiger partial charge in [0.2, 0.25) is 0 Å². The molecule has 2 N–H and O–H groups in total. The lowest BCUT2D eigenvalue weighted by atomic mass is 9.95. The zero-order valence-corrected chi connectivity index (χ0v) is 12.3. The third-order valence-electron chi connectivity index (χ3n) is 3.23. The van der Waals surface area contributed by atoms with Crippen molar-refractivity contribution in [1.29, 1.82) is 0 Å². The van der Waals surface area contributed by atoms with Crippen LogP contribution in [-0.4, -0.2) is 4.57 Å². The molecule has 0 fully saturated rings. The van der Waals surface area contributed by atoms with Gasteiger partial charge in [-0.25, -0.2) is 0 Å². The molecule has 1 heterocycles. The Morgan fingerprint density at radius 2 is 1.94 bits per heavy atom. The summed E-state index contributed by atoms with van der Waals surface area (Å²) in [6, 6.07) is 3.94. The molecule has 0 radical (unpaired) electrons. The molecule has 0 aliphatic heterocycles. The van der Waals surface area contributed by atoms with Crippen molar-refractivity contribution < 1.29 is 0 Å². The van der Waals surface area contributed by atoms with Crippen molar-refractivity contribution in [1.82, 2.24) is 4.57 Å². The van der Waals surface area contributed by atoms with Gasteiger partial charge in [0.05, 0.1) is 0 Å². The maximum Gasteiger partial charge on any atom is 0.255 e. The SMILES string of the molecule is CCCCn1c(C(C)C)ccc(C(C)(C)N)c1=O. The molecule has 0 saturated heterocycles. The van der Waals surface area contributed by atoms with Crippen LogP contribution in [0.25, 0.3) is 0 Å². The molecule has 102 valence electrons. The standard InChI is InChI=1S/C15H26N2O/c1-6-7-10-17-13(11(2)3)9-8-12(14(17)18)15(4,5)16/h8-9,11H,6-7,10,16H2,1-5H3. The van der Waals surface area contributed by atoms with Gasteiger partial charge in [-0.2, -0.15) is 0 Å². The highest BCUT2D eigenvalue weighted by Gasteiger charge is 2.21. The average molecular weight is 250 g/mol. The minimum absolute atomic E-state index is 0.0714. The van der Waals surface area contributed by atoms with Crippen molar-refractivity contribution in [3.05, 3.63) is 33.7 Å². The zero-order valence-electron chi connectivity index (χ0n) is 12.3. The summed E-state index contributed by atoms with van der Waals surface area (Å²) in [5.41, 5.74) is 7.35. The van der Waals surface area contributed by atoms with Gasteiger partial charge in [-0.05, 0) is 38.3 Å². The third kappa shape index (κ3) is 3.22. The summed E-state index contributed by atoms with van der Waals surface area (Å²) in [5, 5.41) is 0. The molecule has 0 unspecified atom stereocenters. The Morgan fingerprint density at radius 1 is 1.33 bits per heavy atom. The van der Waals surface area contributed by atoms with Gasteiger partial charge in [-0.3, -0.25) is 4.79 Å². The highest BCUT2D eigenvalue weighted by atomic mass is 16.1. The first kappa shape index (κ1) is 15.0. The maximum absolute atomic E-state index is 12.5. The van der Waals surface area contributed by atoms with Crippen LogP contribution in [-0.2, 0) is 12.1 Å². The van der Waals surface area contributed by atoms with Crippen LogP contribution in [0.2, 0.25) is 0 Å². The molecule has 3 nitrogen and oxygen atoms in total. The van der Waals surface area contributed by atoms with E-state index in [1.54, 1.807) is 0 Å². The first-order valence-electron chi connectivity index (χ1n) is 6.82. The van der Waals surface area contributed by atoms with Crippen molar-refractivity contribution >= 4 is 0 Å². The Kier molecular flexibility index (Phi) is 4.74. The predicted molar refractivity (Wildman–Crippen MR) is 76.9 cm³/mol. The van der Waals surface area contributed by atoms with E-state index in [-0.39, 0.29) is 5.56 Å². The van der Waals surface area contributed by atoms with Crippen LogP contribution in [0.4, 0.5) is 0 Å². The molecule has 0 saturated carbocycles. The van der Waals surface area contributed by atoms with E-state index in [0.717, 1.165) is 25.1 Å². The Hall–Kier alpha value is -1.09. The molecule has 1 aromatic heterocycles. The van der Waals surface area contributed by atoms with Crippen molar-refractivity contribution in [2.24, 2.45) is 5.73 Å². The molecule has 0 atom stereocenters. The second-order valence-electron chi connectivity index (χ2n) is 5.86.